The summed E-state index contributed by atoms with van der Waals surface area (Å²) in [6.07, 6.45) is 4.41. The van der Waals surface area contributed by atoms with Gasteiger partial charge in [-0.05, 0) is 25.7 Å². The summed E-state index contributed by atoms with van der Waals surface area (Å²) in [6, 6.07) is 0. The second-order valence-corrected chi connectivity index (χ2v) is 4.15. The third-order valence-corrected chi connectivity index (χ3v) is 3.31. The van der Waals surface area contributed by atoms with Crippen molar-refractivity contribution in [3.05, 3.63) is 0 Å². The van der Waals surface area contributed by atoms with E-state index in [9.17, 15) is 9.59 Å². The second kappa shape index (κ2) is 6.35. The standard InChI is InChI=1S/C10H16O4.K/c1-10(8(11)12,9(13)14)7-5-3-2-4-6-7;/h7H,2-6H2,1H3,(H,11,12)(H,13,14);. The van der Waals surface area contributed by atoms with E-state index in [1.165, 1.54) is 6.92 Å². The van der Waals surface area contributed by atoms with Crippen LogP contribution in [0.3, 0.4) is 0 Å². The van der Waals surface area contributed by atoms with Crippen molar-refractivity contribution in [2.45, 2.75) is 39.0 Å². The topological polar surface area (TPSA) is 74.6 Å². The summed E-state index contributed by atoms with van der Waals surface area (Å²) in [5, 5.41) is 17.9. The number of carboxylic acids is 2. The first-order chi connectivity index (χ1) is 6.49. The Balaban J connectivity index is 0.00000196. The molecule has 1 fully saturated rings. The molecule has 0 spiro atoms. The van der Waals surface area contributed by atoms with Crippen molar-refractivity contribution in [3.8, 4) is 0 Å². The zero-order valence-electron chi connectivity index (χ0n) is 9.32. The average molecular weight is 239 g/mol. The van der Waals surface area contributed by atoms with Gasteiger partial charge in [-0.1, -0.05) is 19.3 Å². The minimum atomic E-state index is -1.60. The zero-order chi connectivity index (χ0) is 10.8. The van der Waals surface area contributed by atoms with Crippen molar-refractivity contribution in [3.63, 3.8) is 0 Å². The van der Waals surface area contributed by atoms with Crippen molar-refractivity contribution in [1.82, 2.24) is 0 Å². The molecule has 5 heteroatoms. The maximum Gasteiger partial charge on any atom is 0.321 e. The van der Waals surface area contributed by atoms with E-state index < -0.39 is 17.4 Å². The van der Waals surface area contributed by atoms with Gasteiger partial charge < -0.3 is 10.2 Å². The van der Waals surface area contributed by atoms with Crippen LogP contribution in [0.25, 0.3) is 0 Å². The van der Waals surface area contributed by atoms with Gasteiger partial charge >= 0.3 is 11.9 Å². The minimum absolute atomic E-state index is 0. The molecule has 1 aliphatic rings. The normalized spacial score (nSPS) is 17.9. The molecule has 0 amide bonds. The minimum Gasteiger partial charge on any atom is -0.480 e. The van der Waals surface area contributed by atoms with E-state index in [0.29, 0.717) is 0 Å². The number of rotatable bonds is 3. The molecule has 0 aromatic rings. The molecule has 1 rings (SSSR count). The largest absolute Gasteiger partial charge is 0.480 e. The van der Waals surface area contributed by atoms with Gasteiger partial charge in [-0.3, -0.25) is 9.59 Å². The summed E-state index contributed by atoms with van der Waals surface area (Å²) < 4.78 is 0. The molecule has 1 radical (unpaired) electrons. The Hall–Kier alpha value is 0.576. The van der Waals surface area contributed by atoms with Gasteiger partial charge in [0.1, 0.15) is 0 Å². The van der Waals surface area contributed by atoms with Crippen LogP contribution < -0.4 is 0 Å². The molecule has 0 atom stereocenters. The molecule has 0 saturated heterocycles. The van der Waals surface area contributed by atoms with Gasteiger partial charge in [0.2, 0.25) is 0 Å². The molecule has 0 aliphatic heterocycles. The fraction of sp³-hybridized carbons (Fsp3) is 0.800. The predicted octanol–water partition coefficient (Wildman–Crippen LogP) is 1.36. The predicted molar refractivity (Wildman–Crippen MR) is 55.7 cm³/mol. The van der Waals surface area contributed by atoms with Crippen LogP contribution in [0.15, 0.2) is 0 Å². The van der Waals surface area contributed by atoms with Crippen LogP contribution in [-0.2, 0) is 9.59 Å². The fourth-order valence-electron chi connectivity index (χ4n) is 2.12. The molecule has 81 valence electrons. The summed E-state index contributed by atoms with van der Waals surface area (Å²) in [5.41, 5.74) is -1.60. The van der Waals surface area contributed by atoms with Crippen LogP contribution in [0.1, 0.15) is 39.0 Å². The number of hydrogen-bond donors (Lipinski definition) is 2. The molecular weight excluding hydrogens is 223 g/mol. The molecule has 1 saturated carbocycles. The Morgan fingerprint density at radius 3 is 1.80 bits per heavy atom. The van der Waals surface area contributed by atoms with Gasteiger partial charge in [0, 0.05) is 51.4 Å². The zero-order valence-corrected chi connectivity index (χ0v) is 12.4. The first kappa shape index (κ1) is 15.6. The summed E-state index contributed by atoms with van der Waals surface area (Å²) in [4.78, 5) is 22.0. The van der Waals surface area contributed by atoms with Crippen molar-refractivity contribution in [2.75, 3.05) is 0 Å². The summed E-state index contributed by atoms with van der Waals surface area (Å²) in [7, 11) is 0. The maximum atomic E-state index is 11.0. The average Bonchev–Trinajstić information content (AvgIpc) is 2.17. The van der Waals surface area contributed by atoms with Crippen molar-refractivity contribution >= 4 is 63.3 Å². The van der Waals surface area contributed by atoms with E-state index in [1.807, 2.05) is 0 Å². The van der Waals surface area contributed by atoms with Crippen LogP contribution in [0, 0.1) is 11.3 Å². The SMILES string of the molecule is CC(C(=O)O)(C(=O)O)C1CCCCC1.[K]. The Morgan fingerprint density at radius 1 is 1.07 bits per heavy atom. The molecule has 0 aromatic heterocycles. The van der Waals surface area contributed by atoms with Gasteiger partial charge in [-0.25, -0.2) is 0 Å². The summed E-state index contributed by atoms with van der Waals surface area (Å²) in [5.74, 6) is -2.64. The Kier molecular flexibility index (Phi) is 6.59. The first-order valence-electron chi connectivity index (χ1n) is 4.96. The van der Waals surface area contributed by atoms with E-state index in [1.54, 1.807) is 0 Å². The smallest absolute Gasteiger partial charge is 0.321 e. The molecule has 1 aliphatic carbocycles. The number of carbonyl (C=O) groups is 2. The van der Waals surface area contributed by atoms with E-state index in [0.717, 1.165) is 32.1 Å². The molecule has 0 unspecified atom stereocenters. The third kappa shape index (κ3) is 3.26. The number of hydrogen-bond acceptors (Lipinski definition) is 2. The quantitative estimate of drug-likeness (QED) is 0.576. The molecule has 0 bridgehead atoms. The van der Waals surface area contributed by atoms with Gasteiger partial charge in [0.15, 0.2) is 5.41 Å². The first-order valence-corrected chi connectivity index (χ1v) is 4.96. The fourth-order valence-corrected chi connectivity index (χ4v) is 2.12. The number of aliphatic carboxylic acids is 2. The van der Waals surface area contributed by atoms with Crippen LogP contribution in [0.4, 0.5) is 0 Å². The second-order valence-electron chi connectivity index (χ2n) is 4.15. The monoisotopic (exact) mass is 239 g/mol. The van der Waals surface area contributed by atoms with Gasteiger partial charge in [-0.2, -0.15) is 0 Å². The van der Waals surface area contributed by atoms with Crippen LogP contribution in [0.2, 0.25) is 0 Å². The van der Waals surface area contributed by atoms with E-state index in [4.69, 9.17) is 10.2 Å². The van der Waals surface area contributed by atoms with Gasteiger partial charge in [-0.15, -0.1) is 0 Å². The Labute approximate surface area is 132 Å². The van der Waals surface area contributed by atoms with Crippen molar-refractivity contribution < 1.29 is 19.8 Å². The third-order valence-electron chi connectivity index (χ3n) is 3.31. The van der Waals surface area contributed by atoms with Crippen molar-refractivity contribution in [2.24, 2.45) is 11.3 Å². The van der Waals surface area contributed by atoms with E-state index >= 15 is 0 Å². The Morgan fingerprint density at radius 2 is 1.47 bits per heavy atom. The van der Waals surface area contributed by atoms with Crippen LogP contribution in [-0.4, -0.2) is 73.5 Å². The van der Waals surface area contributed by atoms with Crippen LogP contribution in [0.5, 0.6) is 0 Å². The maximum absolute atomic E-state index is 11.0. The van der Waals surface area contributed by atoms with Crippen LogP contribution >= 0.6 is 0 Å². The number of carboxylic acid groups (broad SMARTS) is 2. The summed E-state index contributed by atoms with van der Waals surface area (Å²) >= 11 is 0. The van der Waals surface area contributed by atoms with Crippen molar-refractivity contribution in [1.29, 1.82) is 0 Å². The molecule has 0 aromatic carbocycles. The van der Waals surface area contributed by atoms with E-state index in [2.05, 4.69) is 0 Å². The molecule has 15 heavy (non-hydrogen) atoms. The molecule has 4 nitrogen and oxygen atoms in total. The molecular formula is C10H16KO4. The van der Waals surface area contributed by atoms with Gasteiger partial charge in [0.05, 0.1) is 0 Å². The van der Waals surface area contributed by atoms with E-state index in [-0.39, 0.29) is 57.3 Å². The molecule has 2 N–H and O–H groups in total. The summed E-state index contributed by atoms with van der Waals surface area (Å²) in [6.45, 7) is 1.33. The van der Waals surface area contributed by atoms with Gasteiger partial charge in [0.25, 0.3) is 0 Å². The Bertz CT molecular complexity index is 232. The molecule has 0 heterocycles.